The van der Waals surface area contributed by atoms with E-state index in [-0.39, 0.29) is 28.4 Å². The van der Waals surface area contributed by atoms with Gasteiger partial charge < -0.3 is 15.2 Å². The van der Waals surface area contributed by atoms with Crippen LogP contribution in [0.5, 0.6) is 17.4 Å². The molecule has 0 atom stereocenters. The molecule has 0 aliphatic rings. The molecular formula is C11H9ClN4O4. The Morgan fingerprint density at radius 1 is 1.35 bits per heavy atom. The van der Waals surface area contributed by atoms with Gasteiger partial charge in [0.25, 0.3) is 0 Å². The first kappa shape index (κ1) is 13.8. The second-order valence-corrected chi connectivity index (χ2v) is 3.97. The summed E-state index contributed by atoms with van der Waals surface area (Å²) in [4.78, 5) is 17.8. The second-order valence-electron chi connectivity index (χ2n) is 3.58. The van der Waals surface area contributed by atoms with E-state index in [4.69, 9.17) is 26.8 Å². The third-order valence-corrected chi connectivity index (χ3v) is 2.46. The fraction of sp³-hybridized carbons (Fsp3) is 0.0909. The topological polar surface area (TPSA) is 113 Å². The summed E-state index contributed by atoms with van der Waals surface area (Å²) >= 11 is 5.70. The molecule has 2 N–H and O–H groups in total. The summed E-state index contributed by atoms with van der Waals surface area (Å²) in [6.07, 6.45) is 0. The number of nitrogens with two attached hydrogens (primary N) is 1. The molecule has 1 aromatic carbocycles. The highest BCUT2D eigenvalue weighted by Crippen LogP contribution is 2.34. The van der Waals surface area contributed by atoms with Crippen LogP contribution in [0, 0.1) is 10.1 Å². The first-order valence-corrected chi connectivity index (χ1v) is 5.67. The van der Waals surface area contributed by atoms with E-state index in [1.54, 1.807) is 0 Å². The molecule has 1 heterocycles. The van der Waals surface area contributed by atoms with Crippen molar-refractivity contribution in [3.05, 3.63) is 39.5 Å². The van der Waals surface area contributed by atoms with Crippen molar-refractivity contribution < 1.29 is 14.4 Å². The van der Waals surface area contributed by atoms with Crippen molar-refractivity contribution in [3.63, 3.8) is 0 Å². The highest BCUT2D eigenvalue weighted by atomic mass is 35.5. The van der Waals surface area contributed by atoms with E-state index >= 15 is 0 Å². The third-order valence-electron chi connectivity index (χ3n) is 2.27. The number of nitro benzene ring substituents is 1. The monoisotopic (exact) mass is 296 g/mol. The van der Waals surface area contributed by atoms with Crippen LogP contribution in [0.1, 0.15) is 0 Å². The summed E-state index contributed by atoms with van der Waals surface area (Å²) in [5.74, 6) is 0.244. The normalized spacial score (nSPS) is 10.1. The SMILES string of the molecule is COc1ccc(Oc2cc(Cl)nc(N)n2)c([N+](=O)[O-])c1. The van der Waals surface area contributed by atoms with Crippen LogP contribution in [-0.2, 0) is 0 Å². The average Bonchev–Trinajstić information content (AvgIpc) is 2.37. The Labute approximate surface area is 118 Å². The van der Waals surface area contributed by atoms with Gasteiger partial charge in [0.2, 0.25) is 17.6 Å². The summed E-state index contributed by atoms with van der Waals surface area (Å²) in [6, 6.07) is 5.45. The summed E-state index contributed by atoms with van der Waals surface area (Å²) in [6.45, 7) is 0. The maximum atomic E-state index is 11.0. The van der Waals surface area contributed by atoms with E-state index in [0.717, 1.165) is 0 Å². The Bertz CT molecular complexity index is 645. The van der Waals surface area contributed by atoms with E-state index in [0.29, 0.717) is 5.75 Å². The number of nitrogen functional groups attached to an aromatic ring is 1. The van der Waals surface area contributed by atoms with E-state index < -0.39 is 4.92 Å². The van der Waals surface area contributed by atoms with Gasteiger partial charge in [-0.3, -0.25) is 10.1 Å². The molecule has 2 rings (SSSR count). The van der Waals surface area contributed by atoms with Crippen LogP contribution >= 0.6 is 11.6 Å². The Balaban J connectivity index is 2.39. The van der Waals surface area contributed by atoms with Gasteiger partial charge in [-0.25, -0.2) is 4.98 Å². The zero-order valence-corrected chi connectivity index (χ0v) is 11.0. The Morgan fingerprint density at radius 3 is 2.70 bits per heavy atom. The molecule has 0 amide bonds. The lowest BCUT2D eigenvalue weighted by Gasteiger charge is -2.07. The Morgan fingerprint density at radius 2 is 2.10 bits per heavy atom. The van der Waals surface area contributed by atoms with Crippen molar-refractivity contribution in [1.29, 1.82) is 0 Å². The molecule has 8 nitrogen and oxygen atoms in total. The number of nitro groups is 1. The van der Waals surface area contributed by atoms with Gasteiger partial charge >= 0.3 is 5.69 Å². The molecule has 0 aliphatic carbocycles. The second kappa shape index (κ2) is 5.57. The number of methoxy groups -OCH3 is 1. The number of nitrogens with zero attached hydrogens (tertiary/aromatic N) is 3. The first-order valence-electron chi connectivity index (χ1n) is 5.30. The minimum absolute atomic E-state index is 0.00929. The molecule has 9 heteroatoms. The van der Waals surface area contributed by atoms with E-state index in [1.165, 1.54) is 31.4 Å². The van der Waals surface area contributed by atoms with Crippen molar-refractivity contribution in [3.8, 4) is 17.4 Å². The van der Waals surface area contributed by atoms with Crippen LogP contribution in [-0.4, -0.2) is 22.0 Å². The summed E-state index contributed by atoms with van der Waals surface area (Å²) in [5, 5.41) is 11.1. The first-order chi connectivity index (χ1) is 9.49. The lowest BCUT2D eigenvalue weighted by molar-refractivity contribution is -0.385. The summed E-state index contributed by atoms with van der Waals surface area (Å²) in [7, 11) is 1.41. The van der Waals surface area contributed by atoms with E-state index in [2.05, 4.69) is 9.97 Å². The molecule has 0 saturated heterocycles. The number of hydrogen-bond donors (Lipinski definition) is 1. The zero-order valence-electron chi connectivity index (χ0n) is 10.2. The maximum Gasteiger partial charge on any atom is 0.315 e. The number of halogens is 1. The van der Waals surface area contributed by atoms with Crippen LogP contribution in [0.3, 0.4) is 0 Å². The molecule has 2 aromatic rings. The van der Waals surface area contributed by atoms with E-state index in [9.17, 15) is 10.1 Å². The maximum absolute atomic E-state index is 11.0. The number of aromatic nitrogens is 2. The van der Waals surface area contributed by atoms with Crippen molar-refractivity contribution >= 4 is 23.2 Å². The van der Waals surface area contributed by atoms with Gasteiger partial charge in [-0.2, -0.15) is 4.98 Å². The summed E-state index contributed by atoms with van der Waals surface area (Å²) < 4.78 is 10.2. The summed E-state index contributed by atoms with van der Waals surface area (Å²) in [5.41, 5.74) is 5.15. The van der Waals surface area contributed by atoms with Crippen molar-refractivity contribution in [2.45, 2.75) is 0 Å². The molecular weight excluding hydrogens is 288 g/mol. The molecule has 0 aliphatic heterocycles. The number of ether oxygens (including phenoxy) is 2. The average molecular weight is 297 g/mol. The van der Waals surface area contributed by atoms with Crippen molar-refractivity contribution in [2.24, 2.45) is 0 Å². The third kappa shape index (κ3) is 3.04. The highest BCUT2D eigenvalue weighted by molar-refractivity contribution is 6.29. The minimum Gasteiger partial charge on any atom is -0.496 e. The van der Waals surface area contributed by atoms with E-state index in [1.807, 2.05) is 0 Å². The fourth-order valence-electron chi connectivity index (χ4n) is 1.43. The number of hydrogen-bond acceptors (Lipinski definition) is 7. The minimum atomic E-state index is -0.593. The predicted molar refractivity (Wildman–Crippen MR) is 71.2 cm³/mol. The van der Waals surface area contributed by atoms with Gasteiger partial charge in [-0.15, -0.1) is 0 Å². The Hall–Kier alpha value is -2.61. The lowest BCUT2D eigenvalue weighted by atomic mass is 10.3. The Kier molecular flexibility index (Phi) is 3.85. The molecule has 0 radical (unpaired) electrons. The van der Waals surface area contributed by atoms with Crippen molar-refractivity contribution in [1.82, 2.24) is 9.97 Å². The molecule has 0 bridgehead atoms. The van der Waals surface area contributed by atoms with Gasteiger partial charge in [-0.05, 0) is 12.1 Å². The number of benzene rings is 1. The van der Waals surface area contributed by atoms with Crippen LogP contribution in [0.4, 0.5) is 11.6 Å². The van der Waals surface area contributed by atoms with Crippen molar-refractivity contribution in [2.75, 3.05) is 12.8 Å². The van der Waals surface area contributed by atoms with Gasteiger partial charge in [0.15, 0.2) is 0 Å². The zero-order chi connectivity index (χ0) is 14.7. The molecule has 0 saturated carbocycles. The molecule has 20 heavy (non-hydrogen) atoms. The van der Waals surface area contributed by atoms with Gasteiger partial charge in [0.05, 0.1) is 18.1 Å². The number of anilines is 1. The molecule has 0 spiro atoms. The van der Waals surface area contributed by atoms with Crippen LogP contribution < -0.4 is 15.2 Å². The lowest BCUT2D eigenvalue weighted by Crippen LogP contribution is -1.99. The molecule has 1 aromatic heterocycles. The van der Waals surface area contributed by atoms with Gasteiger partial charge in [0, 0.05) is 6.07 Å². The molecule has 0 unspecified atom stereocenters. The molecule has 0 fully saturated rings. The number of rotatable bonds is 4. The van der Waals surface area contributed by atoms with Crippen LogP contribution in [0.2, 0.25) is 5.15 Å². The fourth-order valence-corrected chi connectivity index (χ4v) is 1.61. The standard InChI is InChI=1S/C11H9ClN4O4/c1-19-6-2-3-8(7(4-6)16(17)18)20-10-5-9(12)14-11(13)15-10/h2-5H,1H3,(H2,13,14,15). The quantitative estimate of drug-likeness (QED) is 0.523. The van der Waals surface area contributed by atoms with Crippen LogP contribution in [0.15, 0.2) is 24.3 Å². The largest absolute Gasteiger partial charge is 0.496 e. The predicted octanol–water partition coefficient (Wildman–Crippen LogP) is 2.42. The highest BCUT2D eigenvalue weighted by Gasteiger charge is 2.18. The molecule has 104 valence electrons. The van der Waals surface area contributed by atoms with Crippen LogP contribution in [0.25, 0.3) is 0 Å². The smallest absolute Gasteiger partial charge is 0.315 e. The van der Waals surface area contributed by atoms with Gasteiger partial charge in [-0.1, -0.05) is 11.6 Å². The van der Waals surface area contributed by atoms with Gasteiger partial charge in [0.1, 0.15) is 10.9 Å².